The number of benzene rings is 2. The molecule has 0 aliphatic carbocycles. The third kappa shape index (κ3) is 6.71. The molecule has 0 spiro atoms. The highest BCUT2D eigenvalue weighted by atomic mass is 79.9. The van der Waals surface area contributed by atoms with Crippen molar-refractivity contribution in [2.24, 2.45) is 4.99 Å². The molecule has 0 bridgehead atoms. The molecule has 0 fully saturated rings. The number of methoxy groups -OCH3 is 1. The predicted octanol–water partition coefficient (Wildman–Crippen LogP) is 3.52. The van der Waals surface area contributed by atoms with Gasteiger partial charge < -0.3 is 23.7 Å². The van der Waals surface area contributed by atoms with E-state index in [1.165, 1.54) is 17.9 Å². The largest absolute Gasteiger partial charge is 0.490 e. The number of halogens is 1. The minimum Gasteiger partial charge on any atom is -0.490 e. The molecule has 0 N–H and O–H groups in total. The first-order valence-electron chi connectivity index (χ1n) is 12.9. The lowest BCUT2D eigenvalue weighted by Gasteiger charge is -2.23. The van der Waals surface area contributed by atoms with Gasteiger partial charge in [0.05, 0.1) is 43.1 Å². The Hall–Kier alpha value is -3.90. The summed E-state index contributed by atoms with van der Waals surface area (Å²) in [6.45, 7) is 6.26. The molecule has 10 nitrogen and oxygen atoms in total. The van der Waals surface area contributed by atoms with Gasteiger partial charge in [0.2, 0.25) is 0 Å². The number of ether oxygens (including phenoxy) is 5. The van der Waals surface area contributed by atoms with Crippen LogP contribution in [0.4, 0.5) is 0 Å². The van der Waals surface area contributed by atoms with Gasteiger partial charge in [0, 0.05) is 16.2 Å². The maximum absolute atomic E-state index is 13.9. The van der Waals surface area contributed by atoms with Gasteiger partial charge in [0.1, 0.15) is 5.75 Å². The second-order valence-corrected chi connectivity index (χ2v) is 10.4. The van der Waals surface area contributed by atoms with Crippen molar-refractivity contribution in [3.63, 3.8) is 0 Å². The average Bonchev–Trinajstić information content (AvgIpc) is 3.27. The fraction of sp³-hybridized carbons (Fsp3) is 0.310. The number of fused-ring (bicyclic) bond motifs is 1. The van der Waals surface area contributed by atoms with E-state index >= 15 is 0 Å². The lowest BCUT2D eigenvalue weighted by atomic mass is 9.97. The first-order valence-corrected chi connectivity index (χ1v) is 14.5. The van der Waals surface area contributed by atoms with Gasteiger partial charge in [-0.1, -0.05) is 33.3 Å². The molecular weight excluding hydrogens is 616 g/mol. The van der Waals surface area contributed by atoms with Crippen LogP contribution in [0.1, 0.15) is 37.9 Å². The Labute approximate surface area is 248 Å². The van der Waals surface area contributed by atoms with Gasteiger partial charge in [-0.05, 0) is 62.7 Å². The Bertz CT molecular complexity index is 1660. The number of rotatable bonds is 11. The Morgan fingerprint density at radius 1 is 1.00 bits per heavy atom. The summed E-state index contributed by atoms with van der Waals surface area (Å²) in [6, 6.07) is 9.71. The van der Waals surface area contributed by atoms with Crippen molar-refractivity contribution >= 4 is 45.3 Å². The summed E-state index contributed by atoms with van der Waals surface area (Å²) in [5, 5.41) is 0. The van der Waals surface area contributed by atoms with E-state index in [4.69, 9.17) is 23.7 Å². The monoisotopic (exact) mass is 644 g/mol. The van der Waals surface area contributed by atoms with Gasteiger partial charge in [-0.3, -0.25) is 9.36 Å². The fourth-order valence-electron chi connectivity index (χ4n) is 4.23. The van der Waals surface area contributed by atoms with Gasteiger partial charge in [-0.15, -0.1) is 0 Å². The third-order valence-electron chi connectivity index (χ3n) is 5.92. The van der Waals surface area contributed by atoms with Gasteiger partial charge in [0.15, 0.2) is 22.9 Å². The molecule has 4 rings (SSSR count). The second kappa shape index (κ2) is 13.6. The Balaban J connectivity index is 1.85. The summed E-state index contributed by atoms with van der Waals surface area (Å²) < 4.78 is 29.7. The van der Waals surface area contributed by atoms with E-state index in [-0.39, 0.29) is 24.3 Å². The van der Waals surface area contributed by atoms with Crippen molar-refractivity contribution in [1.29, 1.82) is 0 Å². The Kier molecular flexibility index (Phi) is 10.0. The van der Waals surface area contributed by atoms with E-state index in [0.29, 0.717) is 50.9 Å². The lowest BCUT2D eigenvalue weighted by molar-refractivity contribution is -0.145. The van der Waals surface area contributed by atoms with Crippen LogP contribution < -0.4 is 29.1 Å². The molecule has 1 aliphatic heterocycles. The van der Waals surface area contributed by atoms with Crippen LogP contribution in [0.2, 0.25) is 0 Å². The zero-order valence-electron chi connectivity index (χ0n) is 23.0. The number of esters is 2. The van der Waals surface area contributed by atoms with Crippen LogP contribution >= 0.6 is 27.3 Å². The maximum Gasteiger partial charge on any atom is 0.344 e. The molecule has 3 aromatic rings. The molecular formula is C29H29BrN2O8S. The molecule has 0 radical (unpaired) electrons. The van der Waals surface area contributed by atoms with Gasteiger partial charge >= 0.3 is 11.9 Å². The van der Waals surface area contributed by atoms with E-state index in [1.807, 2.05) is 13.8 Å². The summed E-state index contributed by atoms with van der Waals surface area (Å²) in [6.07, 6.45) is 3.09. The summed E-state index contributed by atoms with van der Waals surface area (Å²) in [4.78, 5) is 43.4. The van der Waals surface area contributed by atoms with Crippen LogP contribution in [0.5, 0.6) is 17.2 Å². The molecule has 0 saturated heterocycles. The van der Waals surface area contributed by atoms with Crippen LogP contribution in [0.3, 0.4) is 0 Å². The number of carbonyl (C=O) groups is 2. The number of nitrogens with zero attached hydrogens (tertiary/aromatic N) is 2. The molecule has 1 aromatic heterocycles. The number of thiazole rings is 1. The van der Waals surface area contributed by atoms with Crippen LogP contribution in [0.25, 0.3) is 6.08 Å². The van der Waals surface area contributed by atoms with Gasteiger partial charge in [-0.25, -0.2) is 14.6 Å². The van der Waals surface area contributed by atoms with Crippen LogP contribution in [-0.2, 0) is 19.1 Å². The van der Waals surface area contributed by atoms with E-state index in [0.717, 1.165) is 15.8 Å². The third-order valence-corrected chi connectivity index (χ3v) is 7.41. The Morgan fingerprint density at radius 2 is 1.73 bits per heavy atom. The van der Waals surface area contributed by atoms with Crippen LogP contribution in [0, 0.1) is 0 Å². The molecule has 2 heterocycles. The second-order valence-electron chi connectivity index (χ2n) is 8.52. The van der Waals surface area contributed by atoms with E-state index in [1.54, 1.807) is 49.4 Å². The van der Waals surface area contributed by atoms with Crippen molar-refractivity contribution in [2.75, 3.05) is 33.5 Å². The SMILES string of the molecule is CCOC(=O)COc1ccc(Br)cc1/C=c1/sc2n(c1=O)[C@@H](c1ccc(OCC)c(OCC)c1)C(C(=O)OC)=CN=2. The average molecular weight is 646 g/mol. The van der Waals surface area contributed by atoms with Gasteiger partial charge in [0.25, 0.3) is 5.56 Å². The highest BCUT2D eigenvalue weighted by Crippen LogP contribution is 2.35. The van der Waals surface area contributed by atoms with Gasteiger partial charge in [-0.2, -0.15) is 0 Å². The molecule has 1 atom stereocenters. The van der Waals surface area contributed by atoms with Crippen molar-refractivity contribution in [3.8, 4) is 17.2 Å². The standard InChI is InChI=1S/C29H29BrN2O8S/c1-5-37-22-10-8-17(13-23(22)38-6-2)26-20(28(35)36-4)15-31-29-32(26)27(34)24(41-29)14-18-12-19(30)9-11-21(18)40-16-25(33)39-7-3/h8-15,26H,5-7,16H2,1-4H3/b24-14+/t26-/m0/s1. The Morgan fingerprint density at radius 3 is 2.44 bits per heavy atom. The quantitative estimate of drug-likeness (QED) is 0.291. The first kappa shape index (κ1) is 30.1. The molecule has 1 aliphatic rings. The summed E-state index contributed by atoms with van der Waals surface area (Å²) in [5.41, 5.74) is 1.02. The summed E-state index contributed by atoms with van der Waals surface area (Å²) >= 11 is 4.61. The molecule has 2 aromatic carbocycles. The normalized spacial score (nSPS) is 14.4. The lowest BCUT2D eigenvalue weighted by Crippen LogP contribution is -2.39. The predicted molar refractivity (Wildman–Crippen MR) is 156 cm³/mol. The maximum atomic E-state index is 13.9. The highest BCUT2D eigenvalue weighted by molar-refractivity contribution is 9.10. The summed E-state index contributed by atoms with van der Waals surface area (Å²) in [5.74, 6) is 0.331. The molecule has 12 heteroatoms. The van der Waals surface area contributed by atoms with Crippen molar-refractivity contribution in [3.05, 3.63) is 83.5 Å². The minimum absolute atomic E-state index is 0.193. The fourth-order valence-corrected chi connectivity index (χ4v) is 5.57. The zero-order chi connectivity index (χ0) is 29.5. The van der Waals surface area contributed by atoms with E-state index in [2.05, 4.69) is 20.9 Å². The topological polar surface area (TPSA) is 115 Å². The van der Waals surface area contributed by atoms with Crippen LogP contribution in [0.15, 0.2) is 62.4 Å². The number of carbonyl (C=O) groups excluding carboxylic acids is 2. The smallest absolute Gasteiger partial charge is 0.344 e. The highest BCUT2D eigenvalue weighted by Gasteiger charge is 2.31. The number of aromatic nitrogens is 1. The van der Waals surface area contributed by atoms with E-state index in [9.17, 15) is 14.4 Å². The van der Waals surface area contributed by atoms with Crippen molar-refractivity contribution < 1.29 is 33.3 Å². The minimum atomic E-state index is -0.822. The molecule has 0 amide bonds. The van der Waals surface area contributed by atoms with Crippen molar-refractivity contribution in [2.45, 2.75) is 26.8 Å². The van der Waals surface area contributed by atoms with E-state index < -0.39 is 18.0 Å². The summed E-state index contributed by atoms with van der Waals surface area (Å²) in [7, 11) is 1.28. The number of hydrogen-bond donors (Lipinski definition) is 0. The molecule has 0 unspecified atom stereocenters. The molecule has 41 heavy (non-hydrogen) atoms. The first-order chi connectivity index (χ1) is 19.8. The molecule has 216 valence electrons. The molecule has 0 saturated carbocycles. The van der Waals surface area contributed by atoms with Crippen LogP contribution in [-0.4, -0.2) is 50.0 Å². The number of hydrogen-bond acceptors (Lipinski definition) is 10. The van der Waals surface area contributed by atoms with Crippen molar-refractivity contribution in [1.82, 2.24) is 4.57 Å². The zero-order valence-corrected chi connectivity index (χ0v) is 25.4.